The van der Waals surface area contributed by atoms with Gasteiger partial charge in [-0.25, -0.2) is 0 Å². The van der Waals surface area contributed by atoms with Crippen molar-refractivity contribution in [3.8, 4) is 0 Å². The third kappa shape index (κ3) is 3.66. The molecule has 0 bridgehead atoms. The van der Waals surface area contributed by atoms with Gasteiger partial charge in [0.05, 0.1) is 5.39 Å². The van der Waals surface area contributed by atoms with Crippen LogP contribution in [0.3, 0.4) is 0 Å². The summed E-state index contributed by atoms with van der Waals surface area (Å²) in [4.78, 5) is 16.4. The average Bonchev–Trinajstić information content (AvgIpc) is 3.11. The van der Waals surface area contributed by atoms with Gasteiger partial charge >= 0.3 is 0 Å². The molecule has 2 aromatic carbocycles. The summed E-state index contributed by atoms with van der Waals surface area (Å²) in [7, 11) is 0. The van der Waals surface area contributed by atoms with E-state index >= 15 is 0 Å². The van der Waals surface area contributed by atoms with Crippen molar-refractivity contribution in [2.45, 2.75) is 13.3 Å². The molecule has 1 aliphatic rings. The van der Waals surface area contributed by atoms with E-state index in [4.69, 9.17) is 10.3 Å². The van der Waals surface area contributed by atoms with E-state index in [1.54, 1.807) is 0 Å². The fraction of sp³-hybridized carbons (Fsp3) is 0.333. The van der Waals surface area contributed by atoms with Crippen LogP contribution in [-0.2, 0) is 6.42 Å². The molecule has 3 aromatic rings. The minimum Gasteiger partial charge on any atom is -0.366 e. The van der Waals surface area contributed by atoms with Crippen LogP contribution >= 0.6 is 0 Å². The van der Waals surface area contributed by atoms with E-state index in [-0.39, 0.29) is 5.91 Å². The molecule has 0 saturated carbocycles. The van der Waals surface area contributed by atoms with Crippen LogP contribution in [0.5, 0.6) is 0 Å². The summed E-state index contributed by atoms with van der Waals surface area (Å²) in [5.41, 5.74) is 9.09. The number of aryl methyl sites for hydroxylation is 1. The molecule has 0 radical (unpaired) electrons. The van der Waals surface area contributed by atoms with Gasteiger partial charge in [-0.05, 0) is 37.1 Å². The topological polar surface area (TPSA) is 75.6 Å². The summed E-state index contributed by atoms with van der Waals surface area (Å²) >= 11 is 0. The van der Waals surface area contributed by atoms with Crippen molar-refractivity contribution in [2.24, 2.45) is 5.73 Å². The van der Waals surface area contributed by atoms with Crippen molar-refractivity contribution in [3.63, 3.8) is 0 Å². The van der Waals surface area contributed by atoms with Crippen LogP contribution in [0.2, 0.25) is 0 Å². The summed E-state index contributed by atoms with van der Waals surface area (Å²) in [5.74, 6) is 0.580. The van der Waals surface area contributed by atoms with Crippen LogP contribution in [-0.4, -0.2) is 48.7 Å². The van der Waals surface area contributed by atoms with E-state index in [1.807, 2.05) is 43.3 Å². The number of aromatic nitrogens is 1. The van der Waals surface area contributed by atoms with Gasteiger partial charge in [0, 0.05) is 38.3 Å². The van der Waals surface area contributed by atoms with Crippen molar-refractivity contribution in [1.29, 1.82) is 0 Å². The second-order valence-corrected chi connectivity index (χ2v) is 7.11. The van der Waals surface area contributed by atoms with E-state index in [2.05, 4.69) is 21.0 Å². The lowest BCUT2D eigenvalue weighted by Crippen LogP contribution is -2.47. The number of fused-ring (bicyclic) bond motifs is 1. The molecule has 0 atom stereocenters. The highest BCUT2D eigenvalue weighted by Gasteiger charge is 2.21. The minimum atomic E-state index is -0.351. The molecule has 4 rings (SSSR count). The molecular formula is C21H24N4O2. The number of nitrogens with zero attached hydrogens (tertiary/aromatic N) is 3. The molecular weight excluding hydrogens is 340 g/mol. The summed E-state index contributed by atoms with van der Waals surface area (Å²) in [6.07, 6.45) is 0.825. The predicted molar refractivity (Wildman–Crippen MR) is 106 cm³/mol. The number of rotatable bonds is 5. The van der Waals surface area contributed by atoms with Gasteiger partial charge in [-0.15, -0.1) is 0 Å². The van der Waals surface area contributed by atoms with E-state index in [0.29, 0.717) is 5.56 Å². The summed E-state index contributed by atoms with van der Waals surface area (Å²) in [5, 5.41) is 5.32. The quantitative estimate of drug-likeness (QED) is 0.753. The van der Waals surface area contributed by atoms with Gasteiger partial charge in [0.1, 0.15) is 0 Å². The zero-order chi connectivity index (χ0) is 18.8. The first-order valence-corrected chi connectivity index (χ1v) is 9.33. The Balaban J connectivity index is 1.37. The number of nitrogens with two attached hydrogens (primary N) is 1. The first kappa shape index (κ1) is 17.5. The van der Waals surface area contributed by atoms with Crippen molar-refractivity contribution >= 4 is 22.7 Å². The number of carbonyl (C=O) groups excluding carboxylic acids is 1. The van der Waals surface area contributed by atoms with Crippen LogP contribution in [0.15, 0.2) is 47.0 Å². The average molecular weight is 364 g/mol. The first-order valence-electron chi connectivity index (χ1n) is 9.33. The monoisotopic (exact) mass is 364 g/mol. The molecule has 1 aromatic heterocycles. The van der Waals surface area contributed by atoms with E-state index < -0.39 is 0 Å². The molecule has 0 unspecified atom stereocenters. The van der Waals surface area contributed by atoms with Gasteiger partial charge in [-0.3, -0.25) is 9.69 Å². The predicted octanol–water partition coefficient (Wildman–Crippen LogP) is 2.60. The molecule has 0 aliphatic carbocycles. The molecule has 1 aliphatic heterocycles. The van der Waals surface area contributed by atoms with Crippen molar-refractivity contribution < 1.29 is 9.32 Å². The Bertz CT molecular complexity index is 958. The van der Waals surface area contributed by atoms with Crippen LogP contribution < -0.4 is 10.6 Å². The van der Waals surface area contributed by atoms with Gasteiger partial charge in [-0.2, -0.15) is 0 Å². The minimum absolute atomic E-state index is 0.351. The Hall–Kier alpha value is -2.86. The van der Waals surface area contributed by atoms with Gasteiger partial charge in [0.25, 0.3) is 0 Å². The van der Waals surface area contributed by atoms with Crippen LogP contribution in [0.25, 0.3) is 11.0 Å². The maximum absolute atomic E-state index is 11.7. The molecule has 1 fully saturated rings. The number of para-hydroxylation sites is 1. The van der Waals surface area contributed by atoms with Crippen molar-refractivity contribution in [2.75, 3.05) is 37.6 Å². The molecule has 6 nitrogen and oxygen atoms in total. The zero-order valence-electron chi connectivity index (χ0n) is 15.5. The molecule has 6 heteroatoms. The SMILES string of the molecule is Cc1ccc(CCN2CCN(c3noc4ccccc34)CC2)c(C(N)=O)c1. The number of amides is 1. The summed E-state index contributed by atoms with van der Waals surface area (Å²) < 4.78 is 5.43. The third-order valence-corrected chi connectivity index (χ3v) is 5.26. The lowest BCUT2D eigenvalue weighted by molar-refractivity contribution is 0.0999. The number of carbonyl (C=O) groups is 1. The van der Waals surface area contributed by atoms with Gasteiger partial charge in [0.15, 0.2) is 11.4 Å². The number of hydrogen-bond acceptors (Lipinski definition) is 5. The molecule has 140 valence electrons. The van der Waals surface area contributed by atoms with E-state index in [0.717, 1.165) is 67.1 Å². The fourth-order valence-corrected chi connectivity index (χ4v) is 3.70. The second-order valence-electron chi connectivity index (χ2n) is 7.11. The Morgan fingerprint density at radius 1 is 1.15 bits per heavy atom. The molecule has 27 heavy (non-hydrogen) atoms. The standard InChI is InChI=1S/C21H24N4O2/c1-15-6-7-16(18(14-15)20(22)26)8-9-24-10-12-25(13-11-24)21-17-4-2-3-5-19(17)27-23-21/h2-7,14H,8-13H2,1H3,(H2,22,26). The van der Waals surface area contributed by atoms with Crippen molar-refractivity contribution in [3.05, 3.63) is 59.2 Å². The number of piperazine rings is 1. The largest absolute Gasteiger partial charge is 0.366 e. The van der Waals surface area contributed by atoms with Crippen LogP contribution in [0.4, 0.5) is 5.82 Å². The van der Waals surface area contributed by atoms with E-state index in [9.17, 15) is 4.79 Å². The molecule has 1 amide bonds. The maximum atomic E-state index is 11.7. The molecule has 0 spiro atoms. The van der Waals surface area contributed by atoms with Crippen molar-refractivity contribution in [1.82, 2.24) is 10.1 Å². The van der Waals surface area contributed by atoms with Crippen LogP contribution in [0.1, 0.15) is 21.5 Å². The normalized spacial score (nSPS) is 15.4. The second kappa shape index (κ2) is 7.40. The molecule has 2 N–H and O–H groups in total. The number of anilines is 1. The van der Waals surface area contributed by atoms with Gasteiger partial charge in [0.2, 0.25) is 5.91 Å². The number of benzene rings is 2. The fourth-order valence-electron chi connectivity index (χ4n) is 3.70. The third-order valence-electron chi connectivity index (χ3n) is 5.26. The molecule has 1 saturated heterocycles. The Morgan fingerprint density at radius 3 is 2.70 bits per heavy atom. The van der Waals surface area contributed by atoms with Crippen LogP contribution in [0, 0.1) is 6.92 Å². The maximum Gasteiger partial charge on any atom is 0.248 e. The molecule has 2 heterocycles. The summed E-state index contributed by atoms with van der Waals surface area (Å²) in [6.45, 7) is 6.62. The van der Waals surface area contributed by atoms with E-state index in [1.165, 1.54) is 0 Å². The van der Waals surface area contributed by atoms with Gasteiger partial charge < -0.3 is 15.2 Å². The lowest BCUT2D eigenvalue weighted by Gasteiger charge is -2.34. The number of primary amides is 1. The first-order chi connectivity index (χ1) is 13.1. The number of hydrogen-bond donors (Lipinski definition) is 1. The summed E-state index contributed by atoms with van der Waals surface area (Å²) in [6, 6.07) is 13.9. The zero-order valence-corrected chi connectivity index (χ0v) is 15.5. The highest BCUT2D eigenvalue weighted by atomic mass is 16.5. The lowest BCUT2D eigenvalue weighted by atomic mass is 10.0. The van der Waals surface area contributed by atoms with Gasteiger partial charge in [-0.1, -0.05) is 35.0 Å². The smallest absolute Gasteiger partial charge is 0.248 e. The Kier molecular flexibility index (Phi) is 4.81. The Labute approximate surface area is 158 Å². The highest BCUT2D eigenvalue weighted by molar-refractivity contribution is 5.94. The highest BCUT2D eigenvalue weighted by Crippen LogP contribution is 2.26. The Morgan fingerprint density at radius 2 is 1.93 bits per heavy atom.